The molecule has 1 atom stereocenters. The predicted octanol–water partition coefficient (Wildman–Crippen LogP) is 1.66. The molecule has 2 aliphatic heterocycles. The number of hydrogen-bond donors (Lipinski definition) is 0. The highest BCUT2D eigenvalue weighted by molar-refractivity contribution is 7.99. The molecule has 140 valence electrons. The van der Waals surface area contributed by atoms with Crippen LogP contribution in [0.2, 0.25) is 0 Å². The number of hydrogen-bond acceptors (Lipinski definition) is 5. The standard InChI is InChI=1S/C19H25N3O3S/c1-25-16-6-4-15(5-7-16)20-8-10-21(11-9-20)19(24)17-12-26-13-22(17)18(23)14-2-3-14/h4-7,14,17H,2-3,8-13H2,1H3. The summed E-state index contributed by atoms with van der Waals surface area (Å²) < 4.78 is 5.21. The van der Waals surface area contributed by atoms with Gasteiger partial charge in [-0.25, -0.2) is 0 Å². The predicted molar refractivity (Wildman–Crippen MR) is 102 cm³/mol. The number of benzene rings is 1. The lowest BCUT2D eigenvalue weighted by Crippen LogP contribution is -2.55. The van der Waals surface area contributed by atoms with E-state index in [1.807, 2.05) is 21.9 Å². The summed E-state index contributed by atoms with van der Waals surface area (Å²) in [6.45, 7) is 3.04. The van der Waals surface area contributed by atoms with Crippen molar-refractivity contribution in [3.05, 3.63) is 24.3 Å². The van der Waals surface area contributed by atoms with E-state index >= 15 is 0 Å². The van der Waals surface area contributed by atoms with Crippen molar-refractivity contribution in [2.75, 3.05) is 49.8 Å². The topological polar surface area (TPSA) is 53.1 Å². The van der Waals surface area contributed by atoms with Crippen molar-refractivity contribution in [2.24, 2.45) is 5.92 Å². The van der Waals surface area contributed by atoms with Crippen molar-refractivity contribution in [3.8, 4) is 5.75 Å². The molecule has 2 saturated heterocycles. The third kappa shape index (κ3) is 3.49. The zero-order valence-electron chi connectivity index (χ0n) is 15.1. The molecule has 0 radical (unpaired) electrons. The van der Waals surface area contributed by atoms with Crippen molar-refractivity contribution >= 4 is 29.3 Å². The highest BCUT2D eigenvalue weighted by atomic mass is 32.2. The number of ether oxygens (including phenoxy) is 1. The summed E-state index contributed by atoms with van der Waals surface area (Å²) >= 11 is 1.69. The summed E-state index contributed by atoms with van der Waals surface area (Å²) in [7, 11) is 1.66. The maximum absolute atomic E-state index is 13.0. The molecule has 26 heavy (non-hydrogen) atoms. The quantitative estimate of drug-likeness (QED) is 0.801. The first-order chi connectivity index (χ1) is 12.7. The van der Waals surface area contributed by atoms with E-state index in [0.29, 0.717) is 19.0 Å². The van der Waals surface area contributed by atoms with Crippen LogP contribution < -0.4 is 9.64 Å². The van der Waals surface area contributed by atoms with Crippen LogP contribution in [-0.2, 0) is 9.59 Å². The van der Waals surface area contributed by atoms with Crippen LogP contribution in [0, 0.1) is 5.92 Å². The van der Waals surface area contributed by atoms with Gasteiger partial charge < -0.3 is 19.4 Å². The van der Waals surface area contributed by atoms with Crippen molar-refractivity contribution in [3.63, 3.8) is 0 Å². The minimum Gasteiger partial charge on any atom is -0.497 e. The van der Waals surface area contributed by atoms with Gasteiger partial charge >= 0.3 is 0 Å². The van der Waals surface area contributed by atoms with Crippen LogP contribution in [0.3, 0.4) is 0 Å². The molecule has 0 N–H and O–H groups in total. The van der Waals surface area contributed by atoms with E-state index in [1.165, 1.54) is 0 Å². The van der Waals surface area contributed by atoms with Crippen molar-refractivity contribution in [2.45, 2.75) is 18.9 Å². The number of carbonyl (C=O) groups is 2. The second kappa shape index (κ2) is 7.39. The van der Waals surface area contributed by atoms with Gasteiger partial charge in [0.2, 0.25) is 11.8 Å². The second-order valence-corrected chi connectivity index (χ2v) is 8.11. The molecule has 1 aromatic carbocycles. The van der Waals surface area contributed by atoms with Gasteiger partial charge in [-0.2, -0.15) is 0 Å². The molecule has 0 spiro atoms. The maximum atomic E-state index is 13.0. The third-order valence-corrected chi connectivity index (χ3v) is 6.42. The minimum atomic E-state index is -0.263. The number of thioether (sulfide) groups is 1. The van der Waals surface area contributed by atoms with Crippen LogP contribution in [0.25, 0.3) is 0 Å². The number of methoxy groups -OCH3 is 1. The van der Waals surface area contributed by atoms with E-state index in [2.05, 4.69) is 17.0 Å². The summed E-state index contributed by atoms with van der Waals surface area (Å²) in [5, 5.41) is 0. The molecular weight excluding hydrogens is 350 g/mol. The Balaban J connectivity index is 1.34. The maximum Gasteiger partial charge on any atom is 0.246 e. The first-order valence-corrected chi connectivity index (χ1v) is 10.4. The molecule has 7 heteroatoms. The summed E-state index contributed by atoms with van der Waals surface area (Å²) in [6, 6.07) is 7.77. The Kier molecular flexibility index (Phi) is 4.98. The second-order valence-electron chi connectivity index (χ2n) is 7.11. The molecule has 3 aliphatic rings. The van der Waals surface area contributed by atoms with Crippen LogP contribution in [0.15, 0.2) is 24.3 Å². The van der Waals surface area contributed by atoms with Gasteiger partial charge in [-0.15, -0.1) is 11.8 Å². The number of anilines is 1. The van der Waals surface area contributed by atoms with E-state index in [0.717, 1.165) is 43.1 Å². The van der Waals surface area contributed by atoms with Crippen LogP contribution in [-0.4, -0.2) is 72.6 Å². The summed E-state index contributed by atoms with van der Waals surface area (Å²) in [5.41, 5.74) is 1.15. The highest BCUT2D eigenvalue weighted by Crippen LogP contribution is 2.35. The number of rotatable bonds is 4. The Morgan fingerprint density at radius 3 is 2.35 bits per heavy atom. The van der Waals surface area contributed by atoms with Crippen LogP contribution in [0.4, 0.5) is 5.69 Å². The zero-order chi connectivity index (χ0) is 18.1. The molecule has 1 saturated carbocycles. The van der Waals surface area contributed by atoms with Crippen LogP contribution in [0.1, 0.15) is 12.8 Å². The van der Waals surface area contributed by atoms with Gasteiger partial charge in [-0.3, -0.25) is 9.59 Å². The lowest BCUT2D eigenvalue weighted by molar-refractivity contribution is -0.144. The Labute approximate surface area is 158 Å². The van der Waals surface area contributed by atoms with Crippen LogP contribution in [0.5, 0.6) is 5.75 Å². The Morgan fingerprint density at radius 2 is 1.73 bits per heavy atom. The van der Waals surface area contributed by atoms with E-state index in [-0.39, 0.29) is 23.8 Å². The fourth-order valence-electron chi connectivity index (χ4n) is 3.62. The Bertz CT molecular complexity index is 669. The first-order valence-electron chi connectivity index (χ1n) is 9.23. The smallest absolute Gasteiger partial charge is 0.246 e. The SMILES string of the molecule is COc1ccc(N2CCN(C(=O)C3CSCN3C(=O)C3CC3)CC2)cc1. The first kappa shape index (κ1) is 17.5. The minimum absolute atomic E-state index is 0.124. The molecule has 1 unspecified atom stereocenters. The van der Waals surface area contributed by atoms with Gasteiger partial charge in [-0.1, -0.05) is 0 Å². The zero-order valence-corrected chi connectivity index (χ0v) is 15.9. The Hall–Kier alpha value is -1.89. The highest BCUT2D eigenvalue weighted by Gasteiger charge is 2.42. The normalized spacial score (nSPS) is 23.3. The molecule has 2 heterocycles. The van der Waals surface area contributed by atoms with Gasteiger partial charge in [0, 0.05) is 43.5 Å². The Morgan fingerprint density at radius 1 is 1.04 bits per heavy atom. The lowest BCUT2D eigenvalue weighted by atomic mass is 10.2. The van der Waals surface area contributed by atoms with Gasteiger partial charge in [0.25, 0.3) is 0 Å². The monoisotopic (exact) mass is 375 g/mol. The van der Waals surface area contributed by atoms with E-state index in [1.54, 1.807) is 18.9 Å². The summed E-state index contributed by atoms with van der Waals surface area (Å²) in [5.74, 6) is 2.73. The van der Waals surface area contributed by atoms with Crippen molar-refractivity contribution < 1.29 is 14.3 Å². The average Bonchev–Trinajstić information content (AvgIpc) is 3.43. The molecular formula is C19H25N3O3S. The molecule has 3 fully saturated rings. The fraction of sp³-hybridized carbons (Fsp3) is 0.579. The van der Waals surface area contributed by atoms with E-state index in [4.69, 9.17) is 4.74 Å². The lowest BCUT2D eigenvalue weighted by Gasteiger charge is -2.38. The third-order valence-electron chi connectivity index (χ3n) is 5.41. The molecule has 1 aliphatic carbocycles. The average molecular weight is 375 g/mol. The molecule has 4 rings (SSSR count). The molecule has 0 aromatic heterocycles. The number of carbonyl (C=O) groups excluding carboxylic acids is 2. The number of amides is 2. The molecule has 6 nitrogen and oxygen atoms in total. The molecule has 2 amide bonds. The molecule has 1 aromatic rings. The fourth-order valence-corrected chi connectivity index (χ4v) is 4.77. The van der Waals surface area contributed by atoms with Crippen LogP contribution >= 0.6 is 11.8 Å². The van der Waals surface area contributed by atoms with Gasteiger partial charge in [0.1, 0.15) is 11.8 Å². The van der Waals surface area contributed by atoms with Crippen molar-refractivity contribution in [1.82, 2.24) is 9.80 Å². The van der Waals surface area contributed by atoms with E-state index < -0.39 is 0 Å². The molecule has 0 bridgehead atoms. The van der Waals surface area contributed by atoms with Crippen molar-refractivity contribution in [1.29, 1.82) is 0 Å². The van der Waals surface area contributed by atoms with Gasteiger partial charge in [-0.05, 0) is 37.1 Å². The van der Waals surface area contributed by atoms with Gasteiger partial charge in [0.15, 0.2) is 0 Å². The summed E-state index contributed by atoms with van der Waals surface area (Å²) in [6.07, 6.45) is 1.98. The van der Waals surface area contributed by atoms with E-state index in [9.17, 15) is 9.59 Å². The number of nitrogens with zero attached hydrogens (tertiary/aromatic N) is 3. The van der Waals surface area contributed by atoms with Gasteiger partial charge in [0.05, 0.1) is 13.0 Å². The summed E-state index contributed by atoms with van der Waals surface area (Å²) in [4.78, 5) is 31.4. The number of piperazine rings is 1. The largest absolute Gasteiger partial charge is 0.497 e.